The zero-order chi connectivity index (χ0) is 19.8. The summed E-state index contributed by atoms with van der Waals surface area (Å²) in [6, 6.07) is 16.1. The molecule has 0 aliphatic carbocycles. The number of hydrogen-bond acceptors (Lipinski definition) is 3. The minimum Gasteiger partial charge on any atom is -0.342 e. The molecule has 2 aromatic rings. The van der Waals surface area contributed by atoms with Crippen LogP contribution in [0.25, 0.3) is 0 Å². The quantitative estimate of drug-likeness (QED) is 0.749. The highest BCUT2D eigenvalue weighted by atomic mass is 35.5. The Labute approximate surface area is 165 Å². The van der Waals surface area contributed by atoms with Crippen LogP contribution in [0.2, 0.25) is 5.02 Å². The second-order valence-corrected chi connectivity index (χ2v) is 6.67. The molecule has 0 bridgehead atoms. The molecule has 0 heterocycles. The summed E-state index contributed by atoms with van der Waals surface area (Å²) in [7, 11) is 1.78. The fourth-order valence-electron chi connectivity index (χ4n) is 3.00. The second kappa shape index (κ2) is 10.1. The molecule has 0 aliphatic heterocycles. The highest BCUT2D eigenvalue weighted by molar-refractivity contribution is 6.33. The molecule has 0 unspecified atom stereocenters. The first kappa shape index (κ1) is 20.9. The second-order valence-electron chi connectivity index (χ2n) is 6.27. The normalized spacial score (nSPS) is 11.9. The Morgan fingerprint density at radius 3 is 2.19 bits per heavy atom. The Kier molecular flexibility index (Phi) is 7.82. The van der Waals surface area contributed by atoms with Crippen molar-refractivity contribution in [3.63, 3.8) is 0 Å². The molecule has 0 saturated heterocycles. The average molecular weight is 388 g/mol. The third-order valence-electron chi connectivity index (χ3n) is 4.41. The van der Waals surface area contributed by atoms with Crippen molar-refractivity contribution in [3.05, 3.63) is 65.2 Å². The van der Waals surface area contributed by atoms with Crippen LogP contribution >= 0.6 is 11.6 Å². The summed E-state index contributed by atoms with van der Waals surface area (Å²) in [5.41, 5.74) is 1.42. The Morgan fingerprint density at radius 2 is 1.59 bits per heavy atom. The molecule has 1 N–H and O–H groups in total. The maximum atomic E-state index is 13.1. The monoisotopic (exact) mass is 387 g/mol. The Morgan fingerprint density at radius 1 is 1.00 bits per heavy atom. The number of carbonyl (C=O) groups is 2. The molecule has 0 radical (unpaired) electrons. The smallest absolute Gasteiger partial charge is 0.244 e. The molecule has 144 valence electrons. The number of anilines is 1. The van der Waals surface area contributed by atoms with Gasteiger partial charge in [-0.15, -0.1) is 0 Å². The molecule has 2 amide bonds. The largest absolute Gasteiger partial charge is 0.342 e. The number of halogens is 1. The van der Waals surface area contributed by atoms with E-state index in [0.29, 0.717) is 23.8 Å². The lowest BCUT2D eigenvalue weighted by Gasteiger charge is -2.31. The third kappa shape index (κ3) is 5.55. The minimum atomic E-state index is -0.525. The molecule has 0 aliphatic rings. The average Bonchev–Trinajstić information content (AvgIpc) is 2.65. The number of amides is 2. The van der Waals surface area contributed by atoms with Gasteiger partial charge in [-0.25, -0.2) is 0 Å². The molecule has 6 heteroatoms. The summed E-state index contributed by atoms with van der Waals surface area (Å²) in [6.07, 6.45) is 0. The van der Waals surface area contributed by atoms with E-state index in [1.807, 2.05) is 50.2 Å². The van der Waals surface area contributed by atoms with Gasteiger partial charge in [0, 0.05) is 13.1 Å². The van der Waals surface area contributed by atoms with Crippen LogP contribution < -0.4 is 5.32 Å². The van der Waals surface area contributed by atoms with Gasteiger partial charge in [0.1, 0.15) is 6.04 Å². The number of benzene rings is 2. The molecular formula is C21H26ClN3O2. The number of nitrogens with zero attached hydrogens (tertiary/aromatic N) is 2. The Hall–Kier alpha value is -2.37. The first-order chi connectivity index (χ1) is 13.0. The van der Waals surface area contributed by atoms with Crippen molar-refractivity contribution in [2.24, 2.45) is 0 Å². The number of carbonyl (C=O) groups excluding carboxylic acids is 2. The van der Waals surface area contributed by atoms with Gasteiger partial charge in [0.15, 0.2) is 0 Å². The summed E-state index contributed by atoms with van der Waals surface area (Å²) in [6.45, 7) is 5.22. The zero-order valence-corrected chi connectivity index (χ0v) is 16.7. The molecule has 2 aromatic carbocycles. The van der Waals surface area contributed by atoms with Gasteiger partial charge in [0.25, 0.3) is 0 Å². The van der Waals surface area contributed by atoms with E-state index in [2.05, 4.69) is 5.32 Å². The first-order valence-corrected chi connectivity index (χ1v) is 9.44. The fourth-order valence-corrected chi connectivity index (χ4v) is 3.18. The highest BCUT2D eigenvalue weighted by Gasteiger charge is 2.29. The van der Waals surface area contributed by atoms with E-state index in [1.54, 1.807) is 35.0 Å². The minimum absolute atomic E-state index is 0.0146. The van der Waals surface area contributed by atoms with Gasteiger partial charge in [-0.1, -0.05) is 54.1 Å². The Balaban J connectivity index is 2.18. The number of rotatable bonds is 8. The number of likely N-dealkylation sites (N-methyl/N-ethyl adjacent to an activating group) is 2. The molecule has 0 saturated carbocycles. The van der Waals surface area contributed by atoms with E-state index < -0.39 is 6.04 Å². The van der Waals surface area contributed by atoms with Crippen LogP contribution in [0.3, 0.4) is 0 Å². The maximum Gasteiger partial charge on any atom is 0.244 e. The van der Waals surface area contributed by atoms with Crippen molar-refractivity contribution in [2.75, 3.05) is 32.0 Å². The third-order valence-corrected chi connectivity index (χ3v) is 4.74. The highest BCUT2D eigenvalue weighted by Crippen LogP contribution is 2.23. The van der Waals surface area contributed by atoms with Crippen molar-refractivity contribution in [1.82, 2.24) is 9.80 Å². The summed E-state index contributed by atoms with van der Waals surface area (Å²) >= 11 is 6.10. The van der Waals surface area contributed by atoms with Gasteiger partial charge < -0.3 is 10.2 Å². The van der Waals surface area contributed by atoms with E-state index >= 15 is 0 Å². The number of nitrogens with one attached hydrogen (secondary N) is 1. The summed E-state index contributed by atoms with van der Waals surface area (Å²) in [5, 5.41) is 3.29. The lowest BCUT2D eigenvalue weighted by molar-refractivity contribution is -0.137. The lowest BCUT2D eigenvalue weighted by atomic mass is 10.0. The molecule has 0 fully saturated rings. The van der Waals surface area contributed by atoms with E-state index in [-0.39, 0.29) is 18.4 Å². The van der Waals surface area contributed by atoms with E-state index in [9.17, 15) is 9.59 Å². The Bertz CT molecular complexity index is 763. The zero-order valence-electron chi connectivity index (χ0n) is 16.0. The molecule has 0 aromatic heterocycles. The van der Waals surface area contributed by atoms with Gasteiger partial charge in [0.2, 0.25) is 11.8 Å². The van der Waals surface area contributed by atoms with Gasteiger partial charge in [-0.3, -0.25) is 14.5 Å². The van der Waals surface area contributed by atoms with Crippen LogP contribution in [0.4, 0.5) is 5.69 Å². The van der Waals surface area contributed by atoms with Crippen LogP contribution in [0.15, 0.2) is 54.6 Å². The van der Waals surface area contributed by atoms with E-state index in [0.717, 1.165) is 5.56 Å². The van der Waals surface area contributed by atoms with Crippen LogP contribution in [0.5, 0.6) is 0 Å². The van der Waals surface area contributed by atoms with Crippen molar-refractivity contribution in [2.45, 2.75) is 19.9 Å². The lowest BCUT2D eigenvalue weighted by Crippen LogP contribution is -2.44. The van der Waals surface area contributed by atoms with Gasteiger partial charge in [-0.2, -0.15) is 0 Å². The molecule has 1 atom stereocenters. The first-order valence-electron chi connectivity index (χ1n) is 9.06. The summed E-state index contributed by atoms with van der Waals surface area (Å²) in [4.78, 5) is 29.1. The number of hydrogen-bond donors (Lipinski definition) is 1. The molecule has 27 heavy (non-hydrogen) atoms. The van der Waals surface area contributed by atoms with Gasteiger partial charge >= 0.3 is 0 Å². The van der Waals surface area contributed by atoms with Gasteiger partial charge in [-0.05, 0) is 38.6 Å². The molecule has 5 nitrogen and oxygen atoms in total. The SMILES string of the molecule is CCN(CC)C(=O)[C@H](c1ccccc1)N(C)CC(=O)Nc1ccccc1Cl. The predicted octanol–water partition coefficient (Wildman–Crippen LogP) is 3.82. The predicted molar refractivity (Wildman–Crippen MR) is 110 cm³/mol. The maximum absolute atomic E-state index is 13.1. The van der Waals surface area contributed by atoms with Crippen molar-refractivity contribution >= 4 is 29.1 Å². The van der Waals surface area contributed by atoms with Crippen LogP contribution in [-0.2, 0) is 9.59 Å². The van der Waals surface area contributed by atoms with Crippen LogP contribution in [-0.4, -0.2) is 48.3 Å². The van der Waals surface area contributed by atoms with E-state index in [4.69, 9.17) is 11.6 Å². The van der Waals surface area contributed by atoms with Gasteiger partial charge in [0.05, 0.1) is 17.3 Å². The fraction of sp³-hybridized carbons (Fsp3) is 0.333. The number of para-hydroxylation sites is 1. The summed E-state index contributed by atoms with van der Waals surface area (Å²) in [5.74, 6) is -0.238. The van der Waals surface area contributed by atoms with Crippen molar-refractivity contribution < 1.29 is 9.59 Å². The molecule has 0 spiro atoms. The van der Waals surface area contributed by atoms with Crippen molar-refractivity contribution in [3.8, 4) is 0 Å². The van der Waals surface area contributed by atoms with E-state index in [1.165, 1.54) is 0 Å². The van der Waals surface area contributed by atoms with Crippen LogP contribution in [0.1, 0.15) is 25.5 Å². The molecular weight excluding hydrogens is 362 g/mol. The topological polar surface area (TPSA) is 52.7 Å². The summed E-state index contributed by atoms with van der Waals surface area (Å²) < 4.78 is 0. The van der Waals surface area contributed by atoms with Crippen LogP contribution in [0, 0.1) is 0 Å². The standard InChI is InChI=1S/C21H26ClN3O2/c1-4-25(5-2)21(27)20(16-11-7-6-8-12-16)24(3)15-19(26)23-18-14-10-9-13-17(18)22/h6-14,20H,4-5,15H2,1-3H3,(H,23,26)/t20-/m0/s1. The molecule has 2 rings (SSSR count). The van der Waals surface area contributed by atoms with Crippen molar-refractivity contribution in [1.29, 1.82) is 0 Å².